The van der Waals surface area contributed by atoms with Crippen molar-refractivity contribution >= 4 is 17.2 Å². The fourth-order valence-electron chi connectivity index (χ4n) is 3.82. The summed E-state index contributed by atoms with van der Waals surface area (Å²) in [5.74, 6) is 0.530. The Morgan fingerprint density at radius 2 is 1.48 bits per heavy atom. The molecule has 0 bridgehead atoms. The van der Waals surface area contributed by atoms with E-state index in [0.29, 0.717) is 5.92 Å². The molecule has 21 heavy (non-hydrogen) atoms. The first-order chi connectivity index (χ1) is 10.1. The first-order valence-electron chi connectivity index (χ1n) is 7.68. The third kappa shape index (κ3) is 1.75. The van der Waals surface area contributed by atoms with Crippen LogP contribution in [0.2, 0.25) is 0 Å². The molecule has 0 spiro atoms. The van der Waals surface area contributed by atoms with Gasteiger partial charge in [0.2, 0.25) is 0 Å². The Bertz CT molecular complexity index is 767. The van der Waals surface area contributed by atoms with Gasteiger partial charge in [-0.1, -0.05) is 75.4 Å². The monoisotopic (exact) mass is 272 g/mol. The van der Waals surface area contributed by atoms with Gasteiger partial charge in [0, 0.05) is 5.92 Å². The van der Waals surface area contributed by atoms with Crippen LogP contribution in [-0.4, -0.2) is 0 Å². The fraction of sp³-hybridized carbons (Fsp3) is 0.238. The third-order valence-corrected chi connectivity index (χ3v) is 4.65. The predicted octanol–water partition coefficient (Wildman–Crippen LogP) is 5.67. The Kier molecular flexibility index (Phi) is 2.53. The van der Waals surface area contributed by atoms with Crippen molar-refractivity contribution < 1.29 is 0 Å². The zero-order valence-corrected chi connectivity index (χ0v) is 12.9. The Hall–Kier alpha value is -2.08. The van der Waals surface area contributed by atoms with E-state index < -0.39 is 0 Å². The lowest BCUT2D eigenvalue weighted by Crippen LogP contribution is -2.30. The van der Waals surface area contributed by atoms with E-state index in [4.69, 9.17) is 0 Å². The van der Waals surface area contributed by atoms with E-state index >= 15 is 0 Å². The van der Waals surface area contributed by atoms with E-state index in [1.54, 1.807) is 0 Å². The summed E-state index contributed by atoms with van der Waals surface area (Å²) in [5.41, 5.74) is 8.96. The van der Waals surface area contributed by atoms with E-state index in [2.05, 4.69) is 81.4 Å². The lowest BCUT2D eigenvalue weighted by molar-refractivity contribution is 0.338. The van der Waals surface area contributed by atoms with E-state index in [9.17, 15) is 0 Å². The summed E-state index contributed by atoms with van der Waals surface area (Å²) >= 11 is 0. The van der Waals surface area contributed by atoms with Crippen LogP contribution in [0.4, 0.5) is 0 Å². The molecule has 2 aromatic rings. The Morgan fingerprint density at radius 3 is 2.19 bits per heavy atom. The molecule has 2 aliphatic carbocycles. The van der Waals surface area contributed by atoms with Crippen LogP contribution in [0.1, 0.15) is 37.5 Å². The Morgan fingerprint density at radius 1 is 0.810 bits per heavy atom. The van der Waals surface area contributed by atoms with Gasteiger partial charge in [-0.05, 0) is 44.9 Å². The molecular formula is C21H20. The summed E-state index contributed by atoms with van der Waals surface area (Å²) in [6.07, 6.45) is 2.40. The maximum absolute atomic E-state index is 2.40. The summed E-state index contributed by atoms with van der Waals surface area (Å²) in [4.78, 5) is 0. The molecule has 0 saturated heterocycles. The second kappa shape index (κ2) is 4.21. The van der Waals surface area contributed by atoms with Crippen molar-refractivity contribution in [3.8, 4) is 0 Å². The Balaban J connectivity index is 1.97. The minimum Gasteiger partial charge on any atom is -0.0622 e. The molecule has 4 rings (SSSR count). The van der Waals surface area contributed by atoms with Gasteiger partial charge < -0.3 is 0 Å². The molecule has 1 unspecified atom stereocenters. The quantitative estimate of drug-likeness (QED) is 0.627. The minimum atomic E-state index is 0.253. The van der Waals surface area contributed by atoms with E-state index in [-0.39, 0.29) is 5.41 Å². The summed E-state index contributed by atoms with van der Waals surface area (Å²) < 4.78 is 0. The van der Waals surface area contributed by atoms with Crippen molar-refractivity contribution in [3.63, 3.8) is 0 Å². The molecule has 2 aliphatic rings. The average molecular weight is 272 g/mol. The van der Waals surface area contributed by atoms with E-state index in [1.165, 1.54) is 33.4 Å². The van der Waals surface area contributed by atoms with Gasteiger partial charge >= 0.3 is 0 Å². The zero-order chi connectivity index (χ0) is 14.6. The second-order valence-corrected chi connectivity index (χ2v) is 7.14. The highest BCUT2D eigenvalue weighted by molar-refractivity contribution is 6.15. The molecule has 0 aromatic heterocycles. The zero-order valence-electron chi connectivity index (χ0n) is 12.9. The first kappa shape index (κ1) is 12.6. The van der Waals surface area contributed by atoms with Gasteiger partial charge in [-0.3, -0.25) is 0 Å². The van der Waals surface area contributed by atoms with E-state index in [1.807, 2.05) is 0 Å². The molecule has 0 heteroatoms. The third-order valence-electron chi connectivity index (χ3n) is 4.65. The van der Waals surface area contributed by atoms with Crippen LogP contribution >= 0.6 is 0 Å². The van der Waals surface area contributed by atoms with Gasteiger partial charge in [-0.15, -0.1) is 0 Å². The number of fused-ring (bicyclic) bond motifs is 3. The van der Waals surface area contributed by atoms with Crippen LogP contribution in [0.15, 0.2) is 60.2 Å². The summed E-state index contributed by atoms with van der Waals surface area (Å²) in [5, 5.41) is 0. The summed E-state index contributed by atoms with van der Waals surface area (Å²) in [7, 11) is 0. The average Bonchev–Trinajstić information content (AvgIpc) is 2.73. The highest BCUT2D eigenvalue weighted by atomic mass is 14.5. The smallest absolute Gasteiger partial charge is 0.0157 e. The number of hydrogen-bond acceptors (Lipinski definition) is 0. The number of benzene rings is 2. The Labute approximate surface area is 126 Å². The largest absolute Gasteiger partial charge is 0.0622 e. The lowest BCUT2D eigenvalue weighted by Gasteiger charge is -2.43. The van der Waals surface area contributed by atoms with Gasteiger partial charge in [-0.2, -0.15) is 0 Å². The number of allylic oxidation sites excluding steroid dienone is 3. The van der Waals surface area contributed by atoms with Crippen molar-refractivity contribution in [1.29, 1.82) is 0 Å². The molecule has 104 valence electrons. The van der Waals surface area contributed by atoms with Crippen molar-refractivity contribution in [2.24, 2.45) is 11.3 Å². The second-order valence-electron chi connectivity index (χ2n) is 7.14. The summed E-state index contributed by atoms with van der Waals surface area (Å²) in [6, 6.07) is 19.7. The van der Waals surface area contributed by atoms with Crippen molar-refractivity contribution in [2.45, 2.75) is 20.8 Å². The fourth-order valence-corrected chi connectivity index (χ4v) is 3.82. The van der Waals surface area contributed by atoms with Crippen molar-refractivity contribution in [3.05, 3.63) is 76.9 Å². The minimum absolute atomic E-state index is 0.253. The van der Waals surface area contributed by atoms with Crippen LogP contribution in [0, 0.1) is 11.3 Å². The van der Waals surface area contributed by atoms with Crippen LogP contribution < -0.4 is 0 Å². The van der Waals surface area contributed by atoms with Gasteiger partial charge in [0.25, 0.3) is 0 Å². The van der Waals surface area contributed by atoms with Gasteiger partial charge in [0.1, 0.15) is 0 Å². The highest BCUT2D eigenvalue weighted by Gasteiger charge is 2.45. The number of rotatable bonds is 1. The standard InChI is InChI=1S/C21H20/c1-21(2,3)20-17-13-15-11-7-8-12-16(15)19(17)18(20)14-9-5-4-6-10-14/h4-13,20H,1-3H3. The topological polar surface area (TPSA) is 0 Å². The molecule has 2 aromatic carbocycles. The molecule has 0 N–H and O–H groups in total. The molecular weight excluding hydrogens is 252 g/mol. The van der Waals surface area contributed by atoms with Crippen LogP contribution in [0.5, 0.6) is 0 Å². The molecule has 0 saturated carbocycles. The molecule has 0 aliphatic heterocycles. The van der Waals surface area contributed by atoms with Crippen LogP contribution in [0.25, 0.3) is 17.2 Å². The summed E-state index contributed by atoms with van der Waals surface area (Å²) in [6.45, 7) is 7.05. The van der Waals surface area contributed by atoms with Gasteiger partial charge in [0.05, 0.1) is 0 Å². The molecule has 0 nitrogen and oxygen atoms in total. The highest BCUT2D eigenvalue weighted by Crippen LogP contribution is 2.61. The predicted molar refractivity (Wildman–Crippen MR) is 90.6 cm³/mol. The molecule has 0 heterocycles. The maximum Gasteiger partial charge on any atom is 0.0157 e. The van der Waals surface area contributed by atoms with Gasteiger partial charge in [0.15, 0.2) is 0 Å². The molecule has 0 fully saturated rings. The SMILES string of the molecule is CC(C)(C)C1C2=Cc3ccccc3C2=C1c1ccccc1. The van der Waals surface area contributed by atoms with Crippen LogP contribution in [0.3, 0.4) is 0 Å². The molecule has 1 atom stereocenters. The normalized spacial score (nSPS) is 19.8. The first-order valence-corrected chi connectivity index (χ1v) is 7.68. The number of hydrogen-bond donors (Lipinski definition) is 0. The van der Waals surface area contributed by atoms with Crippen LogP contribution in [-0.2, 0) is 0 Å². The van der Waals surface area contributed by atoms with Crippen molar-refractivity contribution in [2.75, 3.05) is 0 Å². The van der Waals surface area contributed by atoms with E-state index in [0.717, 1.165) is 0 Å². The van der Waals surface area contributed by atoms with Gasteiger partial charge in [-0.25, -0.2) is 0 Å². The molecule has 0 radical (unpaired) electrons. The molecule has 0 amide bonds. The van der Waals surface area contributed by atoms with Crippen molar-refractivity contribution in [1.82, 2.24) is 0 Å². The lowest BCUT2D eigenvalue weighted by atomic mass is 9.60. The maximum atomic E-state index is 2.40.